The van der Waals surface area contributed by atoms with Crippen molar-refractivity contribution in [3.05, 3.63) is 0 Å². The van der Waals surface area contributed by atoms with Crippen LogP contribution in [0.2, 0.25) is 0 Å². The van der Waals surface area contributed by atoms with Gasteiger partial charge in [0.25, 0.3) is 0 Å². The summed E-state index contributed by atoms with van der Waals surface area (Å²) in [5.74, 6) is -1.02. The lowest BCUT2D eigenvalue weighted by atomic mass is 9.95. The third-order valence-electron chi connectivity index (χ3n) is 3.10. The zero-order valence-electron chi connectivity index (χ0n) is 11.3. The van der Waals surface area contributed by atoms with E-state index in [0.717, 1.165) is 0 Å². The first kappa shape index (κ1) is 17.2. The Bertz CT molecular complexity index is 389. The van der Waals surface area contributed by atoms with Crippen LogP contribution in [-0.2, 0) is 19.1 Å². The van der Waals surface area contributed by atoms with E-state index in [0.29, 0.717) is 0 Å². The summed E-state index contributed by atoms with van der Waals surface area (Å²) in [6.45, 7) is -0.235. The van der Waals surface area contributed by atoms with Crippen LogP contribution in [0.3, 0.4) is 0 Å². The first-order valence-electron chi connectivity index (χ1n) is 5.46. The van der Waals surface area contributed by atoms with Crippen LogP contribution in [0.1, 0.15) is 0 Å². The number of isocyanates is 2. The zero-order chi connectivity index (χ0) is 14.9. The van der Waals surface area contributed by atoms with E-state index in [4.69, 9.17) is 9.84 Å². The topological polar surface area (TPSA) is 105 Å². The number of likely N-dealkylation sites (N-methyl/N-ethyl adjacent to an activating group) is 1. The first-order valence-corrected chi connectivity index (χ1v) is 5.46. The van der Waals surface area contributed by atoms with Gasteiger partial charge in [0, 0.05) is 7.11 Å². The first-order chi connectivity index (χ1) is 8.85. The third kappa shape index (κ3) is 4.73. The van der Waals surface area contributed by atoms with Gasteiger partial charge in [-0.3, -0.25) is 0 Å². The van der Waals surface area contributed by atoms with Crippen molar-refractivity contribution in [2.75, 3.05) is 47.4 Å². The Morgan fingerprint density at radius 3 is 2.05 bits per heavy atom. The molecule has 0 radical (unpaired) electrons. The predicted molar refractivity (Wildman–Crippen MR) is 65.2 cm³/mol. The van der Waals surface area contributed by atoms with Gasteiger partial charge in [0.2, 0.25) is 12.2 Å². The number of carboxylic acid groups (broad SMARTS) is 1. The summed E-state index contributed by atoms with van der Waals surface area (Å²) in [5, 5.41) is 8.96. The van der Waals surface area contributed by atoms with Gasteiger partial charge in [-0.1, -0.05) is 0 Å². The number of quaternary nitrogens is 1. The van der Waals surface area contributed by atoms with Crippen molar-refractivity contribution >= 4 is 18.1 Å². The Hall–Kier alpha value is -1.85. The summed E-state index contributed by atoms with van der Waals surface area (Å²) >= 11 is 0. The van der Waals surface area contributed by atoms with E-state index in [2.05, 4.69) is 9.98 Å². The molecule has 0 aromatic heterocycles. The Balaban J connectivity index is 5.55. The molecule has 0 spiro atoms. The summed E-state index contributed by atoms with van der Waals surface area (Å²) in [5.41, 5.74) is -0.942. The fraction of sp³-hybridized carbons (Fsp3) is 0.727. The smallest absolute Gasteiger partial charge is 0.359 e. The molecule has 0 aliphatic rings. The quantitative estimate of drug-likeness (QED) is 0.336. The summed E-state index contributed by atoms with van der Waals surface area (Å²) in [4.78, 5) is 38.6. The van der Waals surface area contributed by atoms with Gasteiger partial charge in [0.1, 0.15) is 19.7 Å². The molecule has 0 amide bonds. The predicted octanol–water partition coefficient (Wildman–Crippen LogP) is -0.796. The molecule has 0 aliphatic carbocycles. The average molecular weight is 272 g/mol. The molecule has 8 heteroatoms. The second-order valence-electron chi connectivity index (χ2n) is 4.71. The molecule has 0 fully saturated rings. The van der Waals surface area contributed by atoms with Crippen LogP contribution in [0, 0.1) is 0 Å². The molecule has 0 heterocycles. The number of carbonyl (C=O) groups is 1. The van der Waals surface area contributed by atoms with Crippen LogP contribution >= 0.6 is 0 Å². The lowest BCUT2D eigenvalue weighted by molar-refractivity contribution is -0.932. The Morgan fingerprint density at radius 2 is 1.74 bits per heavy atom. The van der Waals surface area contributed by atoms with Crippen molar-refractivity contribution in [3.8, 4) is 0 Å². The van der Waals surface area contributed by atoms with Gasteiger partial charge < -0.3 is 14.3 Å². The standard InChI is InChI=1S/C11H17N3O5/c1-14(2,4-10(17)18)11(7-19-3,5-12-8-15)6-13-9-16/h4-7H2,1-3H3/p+1. The molecule has 0 bridgehead atoms. The van der Waals surface area contributed by atoms with E-state index in [-0.39, 0.29) is 30.7 Å². The van der Waals surface area contributed by atoms with Gasteiger partial charge in [-0.05, 0) is 0 Å². The summed E-state index contributed by atoms with van der Waals surface area (Å²) in [6.07, 6.45) is 2.81. The van der Waals surface area contributed by atoms with Gasteiger partial charge in [-0.25, -0.2) is 14.4 Å². The normalized spacial score (nSPS) is 13.8. The molecule has 1 N–H and O–H groups in total. The minimum Gasteiger partial charge on any atom is -0.477 e. The molecule has 0 unspecified atom stereocenters. The molecular weight excluding hydrogens is 254 g/mol. The highest BCUT2D eigenvalue weighted by Crippen LogP contribution is 2.23. The molecule has 0 saturated heterocycles. The van der Waals surface area contributed by atoms with Crippen molar-refractivity contribution in [2.24, 2.45) is 9.98 Å². The Labute approximate surface area is 111 Å². The van der Waals surface area contributed by atoms with Crippen molar-refractivity contribution in [2.45, 2.75) is 5.54 Å². The largest absolute Gasteiger partial charge is 0.477 e. The fourth-order valence-corrected chi connectivity index (χ4v) is 1.83. The zero-order valence-corrected chi connectivity index (χ0v) is 11.3. The molecule has 8 nitrogen and oxygen atoms in total. The molecule has 0 rings (SSSR count). The van der Waals surface area contributed by atoms with Gasteiger partial charge in [0.05, 0.1) is 14.1 Å². The van der Waals surface area contributed by atoms with Gasteiger partial charge in [0.15, 0.2) is 12.1 Å². The minimum atomic E-state index is -1.02. The molecule has 0 aromatic carbocycles. The number of carboxylic acids is 1. The number of aliphatic imine (C=N–C) groups is 2. The molecule has 0 aromatic rings. The second-order valence-corrected chi connectivity index (χ2v) is 4.71. The number of methoxy groups -OCH3 is 1. The fourth-order valence-electron chi connectivity index (χ4n) is 1.83. The summed E-state index contributed by atoms with van der Waals surface area (Å²) < 4.78 is 5.03. The maximum atomic E-state index is 10.9. The van der Waals surface area contributed by atoms with Crippen LogP contribution < -0.4 is 0 Å². The number of hydrogen-bond acceptors (Lipinski definition) is 6. The van der Waals surface area contributed by atoms with Crippen molar-refractivity contribution in [1.29, 1.82) is 0 Å². The lowest BCUT2D eigenvalue weighted by Gasteiger charge is -2.45. The van der Waals surface area contributed by atoms with Crippen molar-refractivity contribution < 1.29 is 28.7 Å². The minimum absolute atomic E-state index is 0.0458. The van der Waals surface area contributed by atoms with E-state index in [1.54, 1.807) is 14.1 Å². The SMILES string of the molecule is COCC(CN=C=O)(CN=C=O)[N+](C)(C)CC(=O)O. The van der Waals surface area contributed by atoms with E-state index in [9.17, 15) is 14.4 Å². The van der Waals surface area contributed by atoms with Crippen LogP contribution in [0.5, 0.6) is 0 Å². The van der Waals surface area contributed by atoms with Crippen molar-refractivity contribution in [3.63, 3.8) is 0 Å². The maximum absolute atomic E-state index is 10.9. The summed E-state index contributed by atoms with van der Waals surface area (Å²) in [6, 6.07) is 0. The van der Waals surface area contributed by atoms with E-state index < -0.39 is 11.5 Å². The van der Waals surface area contributed by atoms with Gasteiger partial charge in [-0.15, -0.1) is 0 Å². The Morgan fingerprint density at radius 1 is 1.26 bits per heavy atom. The van der Waals surface area contributed by atoms with Crippen molar-refractivity contribution in [1.82, 2.24) is 0 Å². The highest BCUT2D eigenvalue weighted by Gasteiger charge is 2.47. The van der Waals surface area contributed by atoms with Crippen LogP contribution in [0.15, 0.2) is 9.98 Å². The van der Waals surface area contributed by atoms with E-state index >= 15 is 0 Å². The van der Waals surface area contributed by atoms with Crippen LogP contribution in [0.25, 0.3) is 0 Å². The number of ether oxygens (including phenoxy) is 1. The van der Waals surface area contributed by atoms with Crippen LogP contribution in [0.4, 0.5) is 0 Å². The van der Waals surface area contributed by atoms with Crippen LogP contribution in [-0.4, -0.2) is 80.7 Å². The highest BCUT2D eigenvalue weighted by atomic mass is 16.5. The molecule has 106 valence electrons. The average Bonchev–Trinajstić information content (AvgIpc) is 2.31. The van der Waals surface area contributed by atoms with E-state index in [1.807, 2.05) is 0 Å². The second kappa shape index (κ2) is 7.56. The Kier molecular flexibility index (Phi) is 6.82. The number of hydrogen-bond donors (Lipinski definition) is 1. The number of aliphatic carboxylic acids is 1. The van der Waals surface area contributed by atoms with Gasteiger partial charge in [-0.2, -0.15) is 9.98 Å². The molecule has 19 heavy (non-hydrogen) atoms. The number of rotatable bonds is 9. The monoisotopic (exact) mass is 272 g/mol. The highest BCUT2D eigenvalue weighted by molar-refractivity contribution is 5.68. The molecule has 0 saturated carbocycles. The number of nitrogens with zero attached hydrogens (tertiary/aromatic N) is 3. The number of carbonyl (C=O) groups excluding carboxylic acids is 2. The molecule has 0 aliphatic heterocycles. The lowest BCUT2D eigenvalue weighted by Crippen LogP contribution is -2.67. The molecule has 0 atom stereocenters. The third-order valence-corrected chi connectivity index (χ3v) is 3.10. The maximum Gasteiger partial charge on any atom is 0.359 e. The van der Waals surface area contributed by atoms with Gasteiger partial charge >= 0.3 is 5.97 Å². The summed E-state index contributed by atoms with van der Waals surface area (Å²) in [7, 11) is 4.73. The molecular formula is C11H18N3O5+. The van der Waals surface area contributed by atoms with E-state index in [1.165, 1.54) is 19.3 Å².